The van der Waals surface area contributed by atoms with Gasteiger partial charge in [0.15, 0.2) is 0 Å². The Morgan fingerprint density at radius 2 is 0.706 bits per heavy atom. The lowest BCUT2D eigenvalue weighted by atomic mass is 9.87. The molecule has 0 N–H and O–H groups in total. The van der Waals surface area contributed by atoms with Crippen molar-refractivity contribution in [3.63, 3.8) is 0 Å². The molecule has 0 bridgehead atoms. The van der Waals surface area contributed by atoms with Gasteiger partial charge in [0.1, 0.15) is 0 Å². The van der Waals surface area contributed by atoms with Gasteiger partial charge in [-0.15, -0.1) is 0 Å². The predicted molar refractivity (Wildman–Crippen MR) is 218 cm³/mol. The van der Waals surface area contributed by atoms with E-state index in [9.17, 15) is 0 Å². The Morgan fingerprint density at radius 1 is 0.255 bits per heavy atom. The number of nitrogens with zero attached hydrogens (tertiary/aromatic N) is 1. The molecule has 0 aliphatic carbocycles. The molecule has 0 radical (unpaired) electrons. The highest BCUT2D eigenvalue weighted by molar-refractivity contribution is 6.15. The highest BCUT2D eigenvalue weighted by Crippen LogP contribution is 2.42. The first-order chi connectivity index (χ1) is 25.3. The normalized spacial score (nSPS) is 11.5. The fourth-order valence-corrected chi connectivity index (χ4v) is 7.99. The molecule has 1 aromatic heterocycles. The molecule has 0 spiro atoms. The van der Waals surface area contributed by atoms with Crippen molar-refractivity contribution in [3.8, 4) is 50.5 Å². The summed E-state index contributed by atoms with van der Waals surface area (Å²) in [7, 11) is 0. The van der Waals surface area contributed by atoms with Gasteiger partial charge in [0.25, 0.3) is 0 Å². The highest BCUT2D eigenvalue weighted by Gasteiger charge is 2.17. The summed E-state index contributed by atoms with van der Waals surface area (Å²) < 4.78 is 2.41. The van der Waals surface area contributed by atoms with Gasteiger partial charge in [-0.1, -0.05) is 164 Å². The van der Waals surface area contributed by atoms with E-state index in [1.165, 1.54) is 87.9 Å². The molecular formula is C50H33N. The summed E-state index contributed by atoms with van der Waals surface area (Å²) in [5.74, 6) is 0. The first kappa shape index (κ1) is 29.2. The fourth-order valence-electron chi connectivity index (χ4n) is 7.99. The number of hydrogen-bond acceptors (Lipinski definition) is 0. The summed E-state index contributed by atoms with van der Waals surface area (Å²) in [6, 6.07) is 73.1. The van der Waals surface area contributed by atoms with E-state index in [1.807, 2.05) is 0 Å². The Balaban J connectivity index is 1.26. The number of aromatic nitrogens is 1. The third-order valence-corrected chi connectivity index (χ3v) is 10.4. The van der Waals surface area contributed by atoms with E-state index < -0.39 is 0 Å². The van der Waals surface area contributed by atoms with E-state index in [4.69, 9.17) is 0 Å². The highest BCUT2D eigenvalue weighted by atomic mass is 15.0. The Hall–Kier alpha value is -6.70. The molecule has 10 aromatic rings. The van der Waals surface area contributed by atoms with Crippen LogP contribution in [0.25, 0.3) is 93.5 Å². The minimum absolute atomic E-state index is 1.14. The van der Waals surface area contributed by atoms with Gasteiger partial charge in [-0.3, -0.25) is 0 Å². The molecule has 1 heterocycles. The maximum absolute atomic E-state index is 2.42. The first-order valence-corrected chi connectivity index (χ1v) is 17.6. The van der Waals surface area contributed by atoms with Gasteiger partial charge < -0.3 is 4.57 Å². The molecule has 0 unspecified atom stereocenters. The number of benzene rings is 9. The maximum Gasteiger partial charge on any atom is 0.0535 e. The Labute approximate surface area is 297 Å². The smallest absolute Gasteiger partial charge is 0.0535 e. The topological polar surface area (TPSA) is 4.93 Å². The molecule has 0 fully saturated rings. The molecular weight excluding hydrogens is 615 g/mol. The Kier molecular flexibility index (Phi) is 6.89. The molecule has 0 saturated carbocycles. The fraction of sp³-hybridized carbons (Fsp3) is 0. The average Bonchev–Trinajstić information content (AvgIpc) is 3.65. The van der Waals surface area contributed by atoms with Crippen LogP contribution in [0.1, 0.15) is 0 Å². The van der Waals surface area contributed by atoms with Crippen LogP contribution in [0.15, 0.2) is 200 Å². The van der Waals surface area contributed by atoms with Gasteiger partial charge >= 0.3 is 0 Å². The lowest BCUT2D eigenvalue weighted by Crippen LogP contribution is -1.99. The van der Waals surface area contributed by atoms with Gasteiger partial charge in [-0.2, -0.15) is 0 Å². The van der Waals surface area contributed by atoms with E-state index in [0.717, 1.165) is 5.69 Å². The molecule has 9 aromatic carbocycles. The first-order valence-electron chi connectivity index (χ1n) is 17.6. The van der Waals surface area contributed by atoms with E-state index >= 15 is 0 Å². The van der Waals surface area contributed by atoms with Crippen molar-refractivity contribution in [1.82, 2.24) is 4.57 Å². The second-order valence-corrected chi connectivity index (χ2v) is 13.3. The van der Waals surface area contributed by atoms with Crippen LogP contribution in [0.2, 0.25) is 0 Å². The van der Waals surface area contributed by atoms with Crippen molar-refractivity contribution >= 4 is 43.1 Å². The quantitative estimate of drug-likeness (QED) is 0.164. The molecule has 10 rings (SSSR count). The lowest BCUT2D eigenvalue weighted by Gasteiger charge is -2.18. The molecule has 0 amide bonds. The minimum atomic E-state index is 1.14. The van der Waals surface area contributed by atoms with Crippen LogP contribution < -0.4 is 0 Å². The molecule has 0 saturated heterocycles. The number of rotatable bonds is 5. The Bertz CT molecular complexity index is 2830. The van der Waals surface area contributed by atoms with Gasteiger partial charge in [-0.05, 0) is 113 Å². The van der Waals surface area contributed by atoms with Crippen LogP contribution in [0.4, 0.5) is 0 Å². The summed E-state index contributed by atoms with van der Waals surface area (Å²) >= 11 is 0. The van der Waals surface area contributed by atoms with E-state index in [1.54, 1.807) is 0 Å². The van der Waals surface area contributed by atoms with Crippen molar-refractivity contribution in [2.75, 3.05) is 0 Å². The van der Waals surface area contributed by atoms with Crippen LogP contribution in [0.5, 0.6) is 0 Å². The van der Waals surface area contributed by atoms with Crippen molar-refractivity contribution in [2.45, 2.75) is 0 Å². The van der Waals surface area contributed by atoms with Gasteiger partial charge in [0.2, 0.25) is 0 Å². The molecule has 0 aliphatic rings. The lowest BCUT2D eigenvalue weighted by molar-refractivity contribution is 1.10. The zero-order valence-electron chi connectivity index (χ0n) is 28.0. The average molecular weight is 648 g/mol. The summed E-state index contributed by atoms with van der Waals surface area (Å²) in [6.07, 6.45) is 0. The van der Waals surface area contributed by atoms with Gasteiger partial charge in [-0.25, -0.2) is 0 Å². The van der Waals surface area contributed by atoms with Crippen LogP contribution in [0, 0.1) is 0 Å². The SMILES string of the molecule is c1ccc(-c2ccc(-c3ccccc3)n2-c2ccc3cc4c(-c5cccc6ccccc56)ccc(-c5cccc6ccccc56)c4cc3c2)cc1. The third-order valence-electron chi connectivity index (χ3n) is 10.4. The largest absolute Gasteiger partial charge is 0.309 e. The minimum Gasteiger partial charge on any atom is -0.309 e. The number of fused-ring (bicyclic) bond motifs is 4. The van der Waals surface area contributed by atoms with E-state index in [2.05, 4.69) is 205 Å². The summed E-state index contributed by atoms with van der Waals surface area (Å²) in [5, 5.41) is 9.97. The third kappa shape index (κ3) is 4.94. The molecule has 238 valence electrons. The molecule has 51 heavy (non-hydrogen) atoms. The summed E-state index contributed by atoms with van der Waals surface area (Å²) in [5.41, 5.74) is 10.9. The van der Waals surface area contributed by atoms with Crippen molar-refractivity contribution in [1.29, 1.82) is 0 Å². The standard InChI is InChI=1S/C50H33N/c1-3-15-36(16-4-1)49-29-30-50(37-17-5-2-6-18-37)51(49)40-26-25-38-32-47-45(43-23-11-19-34-13-7-9-21-41(34)43)27-28-46(48(47)33-39(38)31-40)44-24-12-20-35-14-8-10-22-42(35)44/h1-33H. The molecule has 1 heteroatoms. The summed E-state index contributed by atoms with van der Waals surface area (Å²) in [4.78, 5) is 0. The van der Waals surface area contributed by atoms with Crippen LogP contribution >= 0.6 is 0 Å². The zero-order chi connectivity index (χ0) is 33.7. The summed E-state index contributed by atoms with van der Waals surface area (Å²) in [6.45, 7) is 0. The molecule has 0 atom stereocenters. The van der Waals surface area contributed by atoms with Crippen molar-refractivity contribution in [2.24, 2.45) is 0 Å². The second-order valence-electron chi connectivity index (χ2n) is 13.3. The molecule has 1 nitrogen and oxygen atoms in total. The second kappa shape index (κ2) is 12.0. The monoisotopic (exact) mass is 647 g/mol. The van der Waals surface area contributed by atoms with Crippen LogP contribution in [-0.2, 0) is 0 Å². The maximum atomic E-state index is 2.42. The van der Waals surface area contributed by atoms with Gasteiger partial charge in [0, 0.05) is 5.69 Å². The van der Waals surface area contributed by atoms with Crippen molar-refractivity contribution in [3.05, 3.63) is 200 Å². The van der Waals surface area contributed by atoms with E-state index in [0.29, 0.717) is 0 Å². The predicted octanol–water partition coefficient (Wildman–Crippen LogP) is 13.8. The Morgan fingerprint density at radius 3 is 1.25 bits per heavy atom. The number of hydrogen-bond donors (Lipinski definition) is 0. The van der Waals surface area contributed by atoms with E-state index in [-0.39, 0.29) is 0 Å². The zero-order valence-corrected chi connectivity index (χ0v) is 28.0. The van der Waals surface area contributed by atoms with Crippen LogP contribution in [0.3, 0.4) is 0 Å². The van der Waals surface area contributed by atoms with Gasteiger partial charge in [0.05, 0.1) is 11.4 Å². The molecule has 0 aliphatic heterocycles. The van der Waals surface area contributed by atoms with Crippen LogP contribution in [-0.4, -0.2) is 4.57 Å². The van der Waals surface area contributed by atoms with Crippen molar-refractivity contribution < 1.29 is 0 Å².